The molecule has 11 rings (SSSR count). The number of aromatic nitrogens is 6. The number of Topliss-reactive ketones (excluding diaryl/α,β-unsaturated/α-hetero) is 2. The van der Waals surface area contributed by atoms with Gasteiger partial charge in [-0.2, -0.15) is 25.5 Å². The predicted molar refractivity (Wildman–Crippen MR) is 421 cm³/mol. The molecule has 108 heavy (non-hydrogen) atoms. The summed E-state index contributed by atoms with van der Waals surface area (Å²) in [6.07, 6.45) is -0.446. The third kappa shape index (κ3) is 19.6. The lowest BCUT2D eigenvalue weighted by molar-refractivity contribution is -0.127. The van der Waals surface area contributed by atoms with Gasteiger partial charge in [-0.05, 0) is 177 Å². The second-order valence-corrected chi connectivity index (χ2v) is 32.9. The third-order valence-corrected chi connectivity index (χ3v) is 21.4. The number of ketones is 5. The number of nitrogens with two attached hydrogens (primary N) is 1. The number of aryl methyl sites for hydroxylation is 3. The van der Waals surface area contributed by atoms with E-state index in [1.807, 2.05) is 125 Å². The number of halogens is 7. The normalized spacial score (nSPS) is 17.8. The van der Waals surface area contributed by atoms with Gasteiger partial charge in [-0.15, -0.1) is 0 Å². The van der Waals surface area contributed by atoms with Crippen LogP contribution < -0.4 is 38.7 Å². The molecule has 37 heteroatoms. The molecule has 0 saturated carbocycles. The molecule has 3 saturated heterocycles. The van der Waals surface area contributed by atoms with Gasteiger partial charge in [0.25, 0.3) is 16.7 Å². The molecule has 576 valence electrons. The molecule has 0 radical (unpaired) electrons. The van der Waals surface area contributed by atoms with Gasteiger partial charge in [-0.1, -0.05) is 111 Å². The lowest BCUT2D eigenvalue weighted by Crippen LogP contribution is -2.41. The van der Waals surface area contributed by atoms with Crippen LogP contribution in [0.15, 0.2) is 79.2 Å². The first-order valence-electron chi connectivity index (χ1n) is 33.8. The van der Waals surface area contributed by atoms with Gasteiger partial charge >= 0.3 is 21.1 Å². The molecule has 3 fully saturated rings. The van der Waals surface area contributed by atoms with Crippen LogP contribution in [0.25, 0.3) is 0 Å². The molecule has 3 aromatic heterocycles. The van der Waals surface area contributed by atoms with E-state index in [-0.39, 0.29) is 161 Å². The number of hydrogen-bond acceptors (Lipinski definition) is 22. The third-order valence-electron chi connectivity index (χ3n) is 19.0. The quantitative estimate of drug-likeness (QED) is 0.0443. The first-order valence-corrected chi connectivity index (χ1v) is 36.8. The Bertz CT molecular complexity index is 4750. The van der Waals surface area contributed by atoms with Crippen LogP contribution in [0.3, 0.4) is 0 Å². The highest BCUT2D eigenvalue weighted by atomic mass is 79.9. The Hall–Kier alpha value is -7.10. The predicted octanol–water partition coefficient (Wildman–Crippen LogP) is 11.0. The van der Waals surface area contributed by atoms with Gasteiger partial charge in [0, 0.05) is 49.1 Å². The van der Waals surface area contributed by atoms with Gasteiger partial charge in [0.2, 0.25) is 29.2 Å². The Labute approximate surface area is 663 Å². The lowest BCUT2D eigenvalue weighted by Gasteiger charge is -2.32. The van der Waals surface area contributed by atoms with Crippen molar-refractivity contribution in [1.29, 1.82) is 0 Å². The van der Waals surface area contributed by atoms with E-state index >= 15 is 0 Å². The van der Waals surface area contributed by atoms with Crippen LogP contribution in [0.1, 0.15) is 226 Å². The highest BCUT2D eigenvalue weighted by Gasteiger charge is 2.64. The molecule has 0 bridgehead atoms. The summed E-state index contributed by atoms with van der Waals surface area (Å²) in [4.78, 5) is 120. The van der Waals surface area contributed by atoms with Crippen LogP contribution in [-0.4, -0.2) is 135 Å². The van der Waals surface area contributed by atoms with Gasteiger partial charge in [0.05, 0.1) is 93.3 Å². The van der Waals surface area contributed by atoms with E-state index in [1.54, 1.807) is 12.1 Å². The van der Waals surface area contributed by atoms with Crippen LogP contribution in [0.4, 0.5) is 5.69 Å². The molecule has 5 aliphatic rings. The van der Waals surface area contributed by atoms with E-state index in [4.69, 9.17) is 103 Å². The Morgan fingerprint density at radius 1 is 0.444 bits per heavy atom. The van der Waals surface area contributed by atoms with Gasteiger partial charge in [-0.3, -0.25) is 47.9 Å². The molecule has 3 aromatic carbocycles. The van der Waals surface area contributed by atoms with Gasteiger partial charge in [0.15, 0.2) is 16.2 Å². The molecule has 27 nitrogen and oxygen atoms in total. The molecular weight excluding hydrogens is 1590 g/mol. The lowest BCUT2D eigenvalue weighted by atomic mass is 9.49. The van der Waals surface area contributed by atoms with Crippen LogP contribution in [0, 0.1) is 0 Å². The molecule has 2 amide bonds. The first kappa shape index (κ1) is 88.1. The van der Waals surface area contributed by atoms with E-state index in [0.717, 1.165) is 14.0 Å². The number of amides is 2. The van der Waals surface area contributed by atoms with Crippen molar-refractivity contribution < 1.29 is 61.5 Å². The number of anilines is 1. The average molecular weight is 1670 g/mol. The topological polar surface area (TPSA) is 354 Å². The van der Waals surface area contributed by atoms with Gasteiger partial charge in [-0.25, -0.2) is 24.9 Å². The van der Waals surface area contributed by atoms with Crippen LogP contribution in [0.2, 0.25) is 30.1 Å². The second-order valence-electron chi connectivity index (χ2n) is 29.7. The van der Waals surface area contributed by atoms with Crippen molar-refractivity contribution >= 4 is 169 Å². The van der Waals surface area contributed by atoms with E-state index in [9.17, 15) is 47.9 Å². The van der Waals surface area contributed by atoms with Gasteiger partial charge in [0.1, 0.15) is 22.8 Å². The Morgan fingerprint density at radius 3 is 1.01 bits per heavy atom. The smallest absolute Gasteiger partial charge is 0.405 e. The minimum atomic E-state index is -0.655. The summed E-state index contributed by atoms with van der Waals surface area (Å²) < 4.78 is 39.5. The Morgan fingerprint density at radius 2 is 0.722 bits per heavy atom. The first-order chi connectivity index (χ1) is 49.6. The monoisotopic (exact) mass is 1670 g/mol. The van der Waals surface area contributed by atoms with Crippen molar-refractivity contribution in [1.82, 2.24) is 40.2 Å². The molecule has 5 aliphatic heterocycles. The fourth-order valence-corrected chi connectivity index (χ4v) is 12.9. The Balaban J connectivity index is 0.000000196. The number of hydrogen-bond donors (Lipinski definition) is 3. The number of hydrazone groups is 2. The van der Waals surface area contributed by atoms with E-state index < -0.39 is 61.4 Å². The molecule has 4 N–H and O–H groups in total. The minimum absolute atomic E-state index is 0.00488. The number of carbonyl (C=O) groups is 7. The van der Waals surface area contributed by atoms with E-state index in [0.29, 0.717) is 27.8 Å². The summed E-state index contributed by atoms with van der Waals surface area (Å²) in [7, 11) is 2.86. The van der Waals surface area contributed by atoms with Crippen molar-refractivity contribution in [2.75, 3.05) is 5.73 Å². The molecule has 8 heterocycles. The maximum atomic E-state index is 13.2. The van der Waals surface area contributed by atoms with Crippen molar-refractivity contribution in [3.05, 3.63) is 172 Å². The van der Waals surface area contributed by atoms with Crippen LogP contribution in [0.5, 0.6) is 0 Å². The molecule has 0 spiro atoms. The molecule has 0 aliphatic carbocycles. The number of nitrogens with one attached hydrogen (secondary N) is 2. The summed E-state index contributed by atoms with van der Waals surface area (Å²) in [5, 5.41) is 19.9. The van der Waals surface area contributed by atoms with Crippen molar-refractivity contribution in [3.63, 3.8) is 0 Å². The zero-order chi connectivity index (χ0) is 81.5. The standard InChI is InChI=1S/C21H25BCl2N2O4.C19H16Cl2N4O4.C15H15Cl2N3O2.C12H24B2O4.C4H3BrN2O2/c1-11(2)13-10-16(25-26(7)19(13)28)18(27)17-14(23)8-12(9-15(17)24)22-29-20(3,4)21(5,6)30-22;1-8(2)10-6-13(24-25(3)19(10)29)18(28)16-11(20)4-9(5-12(16)21)17-14(26)7-15(27)22-23-17;1-7(2)9-6-12(19-20(3)15(9)22)14(21)13-10(16)4-8(18)5-11(13)17;1-9(2)10(3,4)16-13(15-9)14-17-11(5,6)12(7,8)18-14;5-4-2(8)1-3(9)6-7-4/h8-11H,1-7H3;4-6,8H,7H2,1-3H3,(H,22,27);4-7H,18H2,1-3H3;1-8H3;1H2,(H,6,9). The number of rotatable bonds is 12. The average Bonchev–Trinajstić information content (AvgIpc) is 1.57. The zero-order valence-electron chi connectivity index (χ0n) is 63.4. The summed E-state index contributed by atoms with van der Waals surface area (Å²) in [6, 6.07) is 13.3. The fraction of sp³-hybridized carbons (Fsp3) is 0.451. The van der Waals surface area contributed by atoms with Crippen LogP contribution in [-0.2, 0) is 68.2 Å². The molecule has 0 atom stereocenters. The minimum Gasteiger partial charge on any atom is -0.405 e. The highest BCUT2D eigenvalue weighted by Crippen LogP contribution is 2.44. The summed E-state index contributed by atoms with van der Waals surface area (Å²) in [5.41, 5.74) is 9.93. The number of nitrogen functional groups attached to an aromatic ring is 1. The van der Waals surface area contributed by atoms with Crippen molar-refractivity contribution in [2.24, 2.45) is 31.3 Å². The summed E-state index contributed by atoms with van der Waals surface area (Å²) in [6.45, 7) is 35.2. The highest BCUT2D eigenvalue weighted by molar-refractivity contribution is 9.19. The Kier molecular flexibility index (Phi) is 27.6. The van der Waals surface area contributed by atoms with Crippen molar-refractivity contribution in [3.8, 4) is 0 Å². The molecule has 0 unspecified atom stereocenters. The second kappa shape index (κ2) is 33.9. The zero-order valence-corrected chi connectivity index (χ0v) is 69.5. The SMILES string of the molecule is CC(C)c1cc(C(=O)c2c(Cl)cc(B3OC(C)(C)C(C)(C)O3)cc2Cl)nn(C)c1=O.CC(C)c1cc(C(=O)c2c(Cl)cc(C3=NNC(=O)CC3=O)cc2Cl)nn(C)c1=O.CC(C)c1cc(C(=O)c2c(Cl)cc(N)cc2Cl)nn(C)c1=O.CC1(C)OB(B2OC(C)(C)C(C)(C)O2)OC1(C)C.O=C1CC(=O)C(Br)=NN1. The number of carbonyl (C=O) groups excluding carboxylic acids is 7. The van der Waals surface area contributed by atoms with Crippen molar-refractivity contribution in [2.45, 2.75) is 189 Å². The number of benzene rings is 3. The van der Waals surface area contributed by atoms with Crippen LogP contribution >= 0.6 is 85.5 Å². The maximum Gasteiger partial charge on any atom is 0.494 e. The molecular formula is C71H83B3BrCl6N11O16. The molecule has 6 aromatic rings. The number of nitrogens with zero attached hydrogens (tertiary/aromatic N) is 8. The fourth-order valence-electron chi connectivity index (χ4n) is 10.6. The summed E-state index contributed by atoms with van der Waals surface area (Å²) in [5.74, 6) is -3.31. The largest absolute Gasteiger partial charge is 0.494 e. The summed E-state index contributed by atoms with van der Waals surface area (Å²) >= 11 is 40.5. The van der Waals surface area contributed by atoms with E-state index in [2.05, 4.69) is 52.3 Å². The van der Waals surface area contributed by atoms with E-state index in [1.165, 1.54) is 63.6 Å². The van der Waals surface area contributed by atoms with Gasteiger partial charge < -0.3 is 33.7 Å². The maximum absolute atomic E-state index is 13.2.